The molecule has 1 heterocycles. The Labute approximate surface area is 104 Å². The third-order valence-electron chi connectivity index (χ3n) is 2.20. The molecule has 0 aromatic carbocycles. The number of nitrogens with one attached hydrogen (secondary N) is 1. The Bertz CT molecular complexity index is 403. The van der Waals surface area contributed by atoms with E-state index in [4.69, 9.17) is 0 Å². The standard InChI is InChI=1S/C13H22N4/c1-6-14-11(8-7-9-13(2,3)4)12-10-17(5)16-15-12/h10-11,14H,6,8H2,1-5H3. The largest absolute Gasteiger partial charge is 0.308 e. The first-order valence-corrected chi connectivity index (χ1v) is 6.02. The van der Waals surface area contributed by atoms with E-state index in [0.29, 0.717) is 0 Å². The molecule has 1 N–H and O–H groups in total. The van der Waals surface area contributed by atoms with Gasteiger partial charge in [0.25, 0.3) is 0 Å². The molecule has 0 aliphatic heterocycles. The molecule has 4 heteroatoms. The molecule has 1 aromatic rings. The topological polar surface area (TPSA) is 42.7 Å². The van der Waals surface area contributed by atoms with E-state index in [9.17, 15) is 0 Å². The Morgan fingerprint density at radius 1 is 1.47 bits per heavy atom. The zero-order chi connectivity index (χ0) is 12.9. The zero-order valence-electron chi connectivity index (χ0n) is 11.4. The van der Waals surface area contributed by atoms with Crippen LogP contribution in [0, 0.1) is 17.3 Å². The van der Waals surface area contributed by atoms with Gasteiger partial charge in [0.2, 0.25) is 0 Å². The maximum Gasteiger partial charge on any atom is 0.101 e. The lowest BCUT2D eigenvalue weighted by atomic mass is 9.97. The fraction of sp³-hybridized carbons (Fsp3) is 0.692. The van der Waals surface area contributed by atoms with E-state index in [1.165, 1.54) is 0 Å². The normalized spacial score (nSPS) is 13.0. The van der Waals surface area contributed by atoms with Crippen LogP contribution in [0.2, 0.25) is 0 Å². The van der Waals surface area contributed by atoms with Crippen LogP contribution in [0.5, 0.6) is 0 Å². The number of aromatic nitrogens is 3. The van der Waals surface area contributed by atoms with Gasteiger partial charge in [-0.1, -0.05) is 18.1 Å². The summed E-state index contributed by atoms with van der Waals surface area (Å²) in [6.07, 6.45) is 2.70. The van der Waals surface area contributed by atoms with E-state index >= 15 is 0 Å². The molecule has 0 aliphatic carbocycles. The molecule has 17 heavy (non-hydrogen) atoms. The quantitative estimate of drug-likeness (QED) is 0.809. The summed E-state index contributed by atoms with van der Waals surface area (Å²) in [6.45, 7) is 9.33. The fourth-order valence-electron chi connectivity index (χ4n) is 1.47. The van der Waals surface area contributed by atoms with Crippen molar-refractivity contribution in [2.24, 2.45) is 12.5 Å². The minimum atomic E-state index is 0.0547. The Morgan fingerprint density at radius 3 is 2.65 bits per heavy atom. The average Bonchev–Trinajstić information content (AvgIpc) is 2.62. The van der Waals surface area contributed by atoms with E-state index in [2.05, 4.69) is 55.2 Å². The molecule has 0 aliphatic rings. The van der Waals surface area contributed by atoms with Gasteiger partial charge in [-0.05, 0) is 27.3 Å². The number of aryl methyl sites for hydroxylation is 1. The van der Waals surface area contributed by atoms with Crippen molar-refractivity contribution in [2.75, 3.05) is 6.54 Å². The lowest BCUT2D eigenvalue weighted by Gasteiger charge is -2.12. The van der Waals surface area contributed by atoms with Crippen molar-refractivity contribution in [3.63, 3.8) is 0 Å². The predicted octanol–water partition coefficient (Wildman–Crippen LogP) is 1.91. The zero-order valence-corrected chi connectivity index (χ0v) is 11.4. The molecular formula is C13H22N4. The molecular weight excluding hydrogens is 212 g/mol. The first-order chi connectivity index (χ1) is 7.92. The lowest BCUT2D eigenvalue weighted by Crippen LogP contribution is -2.21. The van der Waals surface area contributed by atoms with Gasteiger partial charge in [-0.15, -0.1) is 11.0 Å². The minimum Gasteiger partial charge on any atom is -0.308 e. The van der Waals surface area contributed by atoms with Gasteiger partial charge in [0.15, 0.2) is 0 Å². The third kappa shape index (κ3) is 5.01. The van der Waals surface area contributed by atoms with Crippen molar-refractivity contribution >= 4 is 0 Å². The van der Waals surface area contributed by atoms with Gasteiger partial charge in [-0.3, -0.25) is 4.68 Å². The van der Waals surface area contributed by atoms with Crippen molar-refractivity contribution < 1.29 is 0 Å². The molecule has 1 rings (SSSR count). The second kappa shape index (κ2) is 5.83. The Morgan fingerprint density at radius 2 is 2.18 bits per heavy atom. The summed E-state index contributed by atoms with van der Waals surface area (Å²) in [6, 6.07) is 0.170. The van der Waals surface area contributed by atoms with Crippen molar-refractivity contribution in [3.05, 3.63) is 11.9 Å². The first kappa shape index (κ1) is 13.7. The minimum absolute atomic E-state index is 0.0547. The molecule has 0 amide bonds. The molecule has 1 unspecified atom stereocenters. The number of hydrogen-bond donors (Lipinski definition) is 1. The highest BCUT2D eigenvalue weighted by molar-refractivity contribution is 5.12. The molecule has 1 atom stereocenters. The summed E-state index contributed by atoms with van der Waals surface area (Å²) < 4.78 is 1.72. The van der Waals surface area contributed by atoms with Crippen molar-refractivity contribution in [1.82, 2.24) is 20.3 Å². The molecule has 0 saturated carbocycles. The monoisotopic (exact) mass is 234 g/mol. The van der Waals surface area contributed by atoms with Crippen LogP contribution in [0.1, 0.15) is 45.9 Å². The summed E-state index contributed by atoms with van der Waals surface area (Å²) in [5.41, 5.74) is 1.01. The van der Waals surface area contributed by atoms with Gasteiger partial charge < -0.3 is 5.32 Å². The molecule has 0 spiro atoms. The Kier molecular flexibility index (Phi) is 4.71. The highest BCUT2D eigenvalue weighted by Gasteiger charge is 2.12. The van der Waals surface area contributed by atoms with Crippen LogP contribution in [0.3, 0.4) is 0 Å². The van der Waals surface area contributed by atoms with E-state index in [1.54, 1.807) is 4.68 Å². The Balaban J connectivity index is 2.70. The molecule has 0 bridgehead atoms. The van der Waals surface area contributed by atoms with Crippen LogP contribution in [0.15, 0.2) is 6.20 Å². The highest BCUT2D eigenvalue weighted by Crippen LogP contribution is 2.14. The van der Waals surface area contributed by atoms with Crippen LogP contribution in [0.4, 0.5) is 0 Å². The summed E-state index contributed by atoms with van der Waals surface area (Å²) in [4.78, 5) is 0. The number of nitrogens with zero attached hydrogens (tertiary/aromatic N) is 3. The van der Waals surface area contributed by atoms with Crippen molar-refractivity contribution in [3.8, 4) is 11.8 Å². The molecule has 0 radical (unpaired) electrons. The molecule has 1 aromatic heterocycles. The highest BCUT2D eigenvalue weighted by atomic mass is 15.4. The second-order valence-corrected chi connectivity index (χ2v) is 5.18. The number of hydrogen-bond acceptors (Lipinski definition) is 3. The van der Waals surface area contributed by atoms with E-state index in [-0.39, 0.29) is 11.5 Å². The van der Waals surface area contributed by atoms with E-state index < -0.39 is 0 Å². The van der Waals surface area contributed by atoms with Crippen LogP contribution in [-0.2, 0) is 7.05 Å². The van der Waals surface area contributed by atoms with E-state index in [0.717, 1.165) is 18.7 Å². The van der Waals surface area contributed by atoms with Gasteiger partial charge >= 0.3 is 0 Å². The van der Waals surface area contributed by atoms with Gasteiger partial charge in [-0.2, -0.15) is 0 Å². The van der Waals surface area contributed by atoms with Crippen LogP contribution in [0.25, 0.3) is 0 Å². The third-order valence-corrected chi connectivity index (χ3v) is 2.20. The van der Waals surface area contributed by atoms with Crippen LogP contribution < -0.4 is 5.32 Å². The van der Waals surface area contributed by atoms with Gasteiger partial charge in [0.05, 0.1) is 6.04 Å². The molecule has 0 fully saturated rings. The van der Waals surface area contributed by atoms with Crippen LogP contribution in [-0.4, -0.2) is 21.5 Å². The Hall–Kier alpha value is -1.34. The van der Waals surface area contributed by atoms with Gasteiger partial charge in [0, 0.05) is 25.1 Å². The summed E-state index contributed by atoms with van der Waals surface area (Å²) >= 11 is 0. The number of rotatable bonds is 4. The summed E-state index contributed by atoms with van der Waals surface area (Å²) in [5, 5.41) is 11.5. The van der Waals surface area contributed by atoms with Gasteiger partial charge in [-0.25, -0.2) is 0 Å². The lowest BCUT2D eigenvalue weighted by molar-refractivity contribution is 0.544. The maximum absolute atomic E-state index is 4.13. The fourth-order valence-corrected chi connectivity index (χ4v) is 1.47. The van der Waals surface area contributed by atoms with Crippen molar-refractivity contribution in [2.45, 2.75) is 40.2 Å². The summed E-state index contributed by atoms with van der Waals surface area (Å²) in [5.74, 6) is 6.47. The molecule has 0 saturated heterocycles. The van der Waals surface area contributed by atoms with E-state index in [1.807, 2.05) is 13.2 Å². The molecule has 94 valence electrons. The van der Waals surface area contributed by atoms with Gasteiger partial charge in [0.1, 0.15) is 5.69 Å². The van der Waals surface area contributed by atoms with Crippen LogP contribution >= 0.6 is 0 Å². The summed E-state index contributed by atoms with van der Waals surface area (Å²) in [7, 11) is 1.88. The smallest absolute Gasteiger partial charge is 0.101 e. The first-order valence-electron chi connectivity index (χ1n) is 6.02. The maximum atomic E-state index is 4.13. The second-order valence-electron chi connectivity index (χ2n) is 5.18. The molecule has 4 nitrogen and oxygen atoms in total. The SMILES string of the molecule is CCNC(CC#CC(C)(C)C)c1cn(C)nn1. The predicted molar refractivity (Wildman–Crippen MR) is 69.3 cm³/mol. The van der Waals surface area contributed by atoms with Crippen molar-refractivity contribution in [1.29, 1.82) is 0 Å². The average molecular weight is 234 g/mol.